The molecule has 0 fully saturated rings. The topological polar surface area (TPSA) is 60.2 Å². The zero-order chi connectivity index (χ0) is 19.2. The SMILES string of the molecule is C=Cc1cc(C=C)cc(/C=N/OCCCCCCO/N=C(/C)C(=O)P)c1. The lowest BCUT2D eigenvalue weighted by molar-refractivity contribution is -0.105. The van der Waals surface area contributed by atoms with Crippen molar-refractivity contribution in [3.8, 4) is 0 Å². The van der Waals surface area contributed by atoms with E-state index in [0.717, 1.165) is 42.4 Å². The molecule has 0 aliphatic carbocycles. The summed E-state index contributed by atoms with van der Waals surface area (Å²) >= 11 is 0. The van der Waals surface area contributed by atoms with Gasteiger partial charge in [-0.1, -0.05) is 44.9 Å². The van der Waals surface area contributed by atoms with Crippen molar-refractivity contribution in [2.75, 3.05) is 13.2 Å². The molecule has 0 bridgehead atoms. The van der Waals surface area contributed by atoms with Crippen LogP contribution in [0.25, 0.3) is 12.2 Å². The molecule has 0 radical (unpaired) electrons. The molecule has 0 saturated heterocycles. The summed E-state index contributed by atoms with van der Waals surface area (Å²) in [6.07, 6.45) is 9.14. The summed E-state index contributed by atoms with van der Waals surface area (Å²) in [5.41, 5.74) is 3.20. The predicted molar refractivity (Wildman–Crippen MR) is 112 cm³/mol. The minimum absolute atomic E-state index is 0.153. The van der Waals surface area contributed by atoms with Gasteiger partial charge in [0, 0.05) is 0 Å². The number of benzene rings is 1. The second kappa shape index (κ2) is 13.0. The van der Waals surface area contributed by atoms with Crippen LogP contribution < -0.4 is 0 Å². The van der Waals surface area contributed by atoms with Crippen molar-refractivity contribution in [2.24, 2.45) is 10.3 Å². The Hall–Kier alpha value is -2.26. The van der Waals surface area contributed by atoms with E-state index in [2.05, 4.69) is 32.7 Å². The Morgan fingerprint density at radius 1 is 1.00 bits per heavy atom. The van der Waals surface area contributed by atoms with E-state index < -0.39 is 0 Å². The van der Waals surface area contributed by atoms with E-state index >= 15 is 0 Å². The highest BCUT2D eigenvalue weighted by atomic mass is 31.0. The molecule has 0 aromatic heterocycles. The van der Waals surface area contributed by atoms with E-state index in [1.807, 2.05) is 18.2 Å². The third kappa shape index (κ3) is 9.28. The van der Waals surface area contributed by atoms with Gasteiger partial charge < -0.3 is 9.68 Å². The van der Waals surface area contributed by atoms with E-state index in [0.29, 0.717) is 18.9 Å². The minimum Gasteiger partial charge on any atom is -0.396 e. The maximum atomic E-state index is 10.9. The van der Waals surface area contributed by atoms with Crippen LogP contribution in [0.5, 0.6) is 0 Å². The van der Waals surface area contributed by atoms with Crippen LogP contribution in [0.4, 0.5) is 0 Å². The third-order valence-electron chi connectivity index (χ3n) is 3.53. The lowest BCUT2D eigenvalue weighted by Gasteiger charge is -2.02. The minimum atomic E-state index is -0.153. The Bertz CT molecular complexity index is 643. The van der Waals surface area contributed by atoms with Gasteiger partial charge in [0.1, 0.15) is 18.9 Å². The van der Waals surface area contributed by atoms with E-state index in [1.165, 1.54) is 0 Å². The molecule has 140 valence electrons. The molecular weight excluding hydrogens is 347 g/mol. The van der Waals surface area contributed by atoms with Crippen LogP contribution >= 0.6 is 9.24 Å². The summed E-state index contributed by atoms with van der Waals surface area (Å²) < 4.78 is 0. The van der Waals surface area contributed by atoms with E-state index in [4.69, 9.17) is 9.68 Å². The molecule has 1 aromatic rings. The quantitative estimate of drug-likeness (QED) is 0.218. The Morgan fingerprint density at radius 2 is 1.54 bits per heavy atom. The molecule has 0 saturated carbocycles. The van der Waals surface area contributed by atoms with Gasteiger partial charge in [0.2, 0.25) is 0 Å². The summed E-state index contributed by atoms with van der Waals surface area (Å²) in [5.74, 6) is 0. The standard InChI is InChI=1S/C20H27N2O3P/c1-4-17-12-18(5-2)14-19(13-17)15-21-24-10-8-6-7-9-11-25-22-16(3)20(23)26/h4-5,12-15H,1-2,6-11,26H2,3H3/b21-15+,22-16-. The number of nitrogens with zero attached hydrogens (tertiary/aromatic N) is 2. The number of unbranched alkanes of at least 4 members (excludes halogenated alkanes) is 3. The van der Waals surface area contributed by atoms with Crippen molar-refractivity contribution in [2.45, 2.75) is 32.6 Å². The summed E-state index contributed by atoms with van der Waals surface area (Å²) in [7, 11) is 2.07. The first-order chi connectivity index (χ1) is 12.6. The zero-order valence-corrected chi connectivity index (χ0v) is 16.5. The molecular formula is C20H27N2O3P. The van der Waals surface area contributed by atoms with Crippen LogP contribution in [0.15, 0.2) is 41.7 Å². The molecule has 0 aliphatic heterocycles. The first-order valence-electron chi connectivity index (χ1n) is 8.58. The highest BCUT2D eigenvalue weighted by Crippen LogP contribution is 2.11. The van der Waals surface area contributed by atoms with Gasteiger partial charge in [-0.15, -0.1) is 0 Å². The van der Waals surface area contributed by atoms with Gasteiger partial charge in [0.25, 0.3) is 0 Å². The van der Waals surface area contributed by atoms with Crippen LogP contribution in [0.2, 0.25) is 0 Å². The van der Waals surface area contributed by atoms with Gasteiger partial charge >= 0.3 is 0 Å². The molecule has 1 unspecified atom stereocenters. The van der Waals surface area contributed by atoms with Crippen molar-refractivity contribution < 1.29 is 14.5 Å². The molecule has 0 N–H and O–H groups in total. The second-order valence-electron chi connectivity index (χ2n) is 5.70. The Kier molecular flexibility index (Phi) is 10.9. The Balaban J connectivity index is 2.15. The molecule has 0 amide bonds. The Labute approximate surface area is 158 Å². The summed E-state index contributed by atoms with van der Waals surface area (Å²) in [5, 5.41) is 7.73. The van der Waals surface area contributed by atoms with Crippen LogP contribution in [-0.2, 0) is 14.5 Å². The number of hydrogen-bond donors (Lipinski definition) is 0. The molecule has 0 spiro atoms. The maximum absolute atomic E-state index is 10.9. The van der Waals surface area contributed by atoms with Gasteiger partial charge in [-0.2, -0.15) is 0 Å². The van der Waals surface area contributed by atoms with Gasteiger partial charge in [0.15, 0.2) is 5.52 Å². The molecule has 5 nitrogen and oxygen atoms in total. The number of carbonyl (C=O) groups is 1. The summed E-state index contributed by atoms with van der Waals surface area (Å²) in [6.45, 7) is 10.3. The average molecular weight is 374 g/mol. The predicted octanol–water partition coefficient (Wildman–Crippen LogP) is 4.68. The van der Waals surface area contributed by atoms with Gasteiger partial charge in [-0.25, -0.2) is 0 Å². The normalized spacial score (nSPS) is 11.4. The fraction of sp³-hybridized carbons (Fsp3) is 0.350. The first-order valence-corrected chi connectivity index (χ1v) is 9.16. The second-order valence-corrected chi connectivity index (χ2v) is 6.22. The number of carbonyl (C=O) groups excluding carboxylic acids is 1. The van der Waals surface area contributed by atoms with E-state index in [1.54, 1.807) is 25.3 Å². The molecule has 1 aromatic carbocycles. The van der Waals surface area contributed by atoms with Crippen LogP contribution in [0.3, 0.4) is 0 Å². The van der Waals surface area contributed by atoms with Crippen LogP contribution in [-0.4, -0.2) is 30.7 Å². The lowest BCUT2D eigenvalue weighted by atomic mass is 10.1. The summed E-state index contributed by atoms with van der Waals surface area (Å²) in [6, 6.07) is 5.98. The van der Waals surface area contributed by atoms with Crippen molar-refractivity contribution in [1.82, 2.24) is 0 Å². The third-order valence-corrected chi connectivity index (χ3v) is 3.94. The molecule has 6 heteroatoms. The lowest BCUT2D eigenvalue weighted by Crippen LogP contribution is -2.02. The molecule has 1 atom stereocenters. The average Bonchev–Trinajstić information content (AvgIpc) is 2.65. The van der Waals surface area contributed by atoms with Crippen LogP contribution in [0.1, 0.15) is 49.3 Å². The van der Waals surface area contributed by atoms with Crippen molar-refractivity contribution in [3.63, 3.8) is 0 Å². The van der Waals surface area contributed by atoms with Crippen molar-refractivity contribution in [1.29, 1.82) is 0 Å². The largest absolute Gasteiger partial charge is 0.396 e. The number of rotatable bonds is 13. The summed E-state index contributed by atoms with van der Waals surface area (Å²) in [4.78, 5) is 21.3. The molecule has 0 heterocycles. The van der Waals surface area contributed by atoms with E-state index in [-0.39, 0.29) is 5.52 Å². The molecule has 1 rings (SSSR count). The van der Waals surface area contributed by atoms with Gasteiger partial charge in [0.05, 0.1) is 6.21 Å². The number of hydrogen-bond acceptors (Lipinski definition) is 5. The monoisotopic (exact) mass is 374 g/mol. The smallest absolute Gasteiger partial charge is 0.195 e. The van der Waals surface area contributed by atoms with E-state index in [9.17, 15) is 4.79 Å². The highest BCUT2D eigenvalue weighted by Gasteiger charge is 1.98. The van der Waals surface area contributed by atoms with Gasteiger partial charge in [-0.05, 0) is 67.5 Å². The maximum Gasteiger partial charge on any atom is 0.195 e. The van der Waals surface area contributed by atoms with Crippen LogP contribution in [0, 0.1) is 0 Å². The molecule has 26 heavy (non-hydrogen) atoms. The fourth-order valence-electron chi connectivity index (χ4n) is 2.04. The number of oxime groups is 2. The highest BCUT2D eigenvalue weighted by molar-refractivity contribution is 7.45. The van der Waals surface area contributed by atoms with Crippen molar-refractivity contribution >= 4 is 38.8 Å². The Morgan fingerprint density at radius 3 is 2.08 bits per heavy atom. The molecule has 0 aliphatic rings. The van der Waals surface area contributed by atoms with Crippen molar-refractivity contribution in [3.05, 3.63) is 48.0 Å². The van der Waals surface area contributed by atoms with Gasteiger partial charge in [-0.3, -0.25) is 4.79 Å². The zero-order valence-electron chi connectivity index (χ0n) is 15.3. The first kappa shape index (κ1) is 21.8. The fourth-order valence-corrected chi connectivity index (χ4v) is 2.09.